The van der Waals surface area contributed by atoms with Crippen LogP contribution in [0.4, 0.5) is 4.39 Å². The number of furan rings is 1. The highest BCUT2D eigenvalue weighted by atomic mass is 35.5. The SMILES string of the molecule is CC(O)c1c(Oc2cnc3occc3c2)ccc(F)c1Cl. The molecule has 0 amide bonds. The van der Waals surface area contributed by atoms with Gasteiger partial charge in [0.15, 0.2) is 0 Å². The Bertz CT molecular complexity index is 801. The minimum atomic E-state index is -0.964. The molecular weight excluding hydrogens is 297 g/mol. The number of halogens is 2. The summed E-state index contributed by atoms with van der Waals surface area (Å²) in [5.74, 6) is 0.109. The summed E-state index contributed by atoms with van der Waals surface area (Å²) >= 11 is 5.89. The molecule has 0 aliphatic carbocycles. The maximum atomic E-state index is 13.5. The van der Waals surface area contributed by atoms with Crippen LogP contribution in [0.5, 0.6) is 11.5 Å². The van der Waals surface area contributed by atoms with Crippen molar-refractivity contribution in [3.05, 3.63) is 53.1 Å². The van der Waals surface area contributed by atoms with E-state index in [4.69, 9.17) is 20.8 Å². The monoisotopic (exact) mass is 307 g/mol. The molecule has 0 spiro atoms. The predicted molar refractivity (Wildman–Crippen MR) is 76.1 cm³/mol. The van der Waals surface area contributed by atoms with E-state index in [9.17, 15) is 9.50 Å². The summed E-state index contributed by atoms with van der Waals surface area (Å²) in [5, 5.41) is 10.4. The fraction of sp³-hybridized carbons (Fsp3) is 0.133. The highest BCUT2D eigenvalue weighted by Gasteiger charge is 2.18. The van der Waals surface area contributed by atoms with Gasteiger partial charge in [-0.15, -0.1) is 0 Å². The van der Waals surface area contributed by atoms with Crippen LogP contribution in [0.1, 0.15) is 18.6 Å². The molecule has 21 heavy (non-hydrogen) atoms. The van der Waals surface area contributed by atoms with E-state index in [1.165, 1.54) is 31.5 Å². The first-order valence-electron chi connectivity index (χ1n) is 6.23. The lowest BCUT2D eigenvalue weighted by Gasteiger charge is -2.15. The third-order valence-corrected chi connectivity index (χ3v) is 3.40. The van der Waals surface area contributed by atoms with Gasteiger partial charge in [-0.2, -0.15) is 0 Å². The van der Waals surface area contributed by atoms with Crippen LogP contribution < -0.4 is 4.74 Å². The van der Waals surface area contributed by atoms with Gasteiger partial charge in [-0.05, 0) is 31.2 Å². The van der Waals surface area contributed by atoms with Crippen LogP contribution >= 0.6 is 11.6 Å². The van der Waals surface area contributed by atoms with E-state index in [1.807, 2.05) is 0 Å². The number of ether oxygens (including phenoxy) is 1. The zero-order valence-electron chi connectivity index (χ0n) is 11.0. The zero-order valence-corrected chi connectivity index (χ0v) is 11.8. The van der Waals surface area contributed by atoms with Gasteiger partial charge in [-0.1, -0.05) is 11.6 Å². The van der Waals surface area contributed by atoms with Crippen molar-refractivity contribution in [1.29, 1.82) is 0 Å². The quantitative estimate of drug-likeness (QED) is 0.776. The maximum Gasteiger partial charge on any atom is 0.226 e. The Labute approximate surface area is 124 Å². The molecule has 0 fully saturated rings. The van der Waals surface area contributed by atoms with Crippen molar-refractivity contribution in [3.63, 3.8) is 0 Å². The molecule has 0 bridgehead atoms. The molecule has 6 heteroatoms. The summed E-state index contributed by atoms with van der Waals surface area (Å²) in [7, 11) is 0. The van der Waals surface area contributed by atoms with Gasteiger partial charge < -0.3 is 14.3 Å². The fourth-order valence-corrected chi connectivity index (χ4v) is 2.36. The van der Waals surface area contributed by atoms with Crippen LogP contribution in [0.2, 0.25) is 5.02 Å². The smallest absolute Gasteiger partial charge is 0.226 e. The molecule has 3 rings (SSSR count). The molecule has 1 atom stereocenters. The average molecular weight is 308 g/mol. The summed E-state index contributed by atoms with van der Waals surface area (Å²) in [4.78, 5) is 4.09. The zero-order chi connectivity index (χ0) is 15.0. The van der Waals surface area contributed by atoms with Crippen molar-refractivity contribution < 1.29 is 18.7 Å². The second-order valence-electron chi connectivity index (χ2n) is 4.54. The van der Waals surface area contributed by atoms with Crippen molar-refractivity contribution in [1.82, 2.24) is 4.98 Å². The van der Waals surface area contributed by atoms with E-state index in [2.05, 4.69) is 4.98 Å². The van der Waals surface area contributed by atoms with E-state index >= 15 is 0 Å². The molecule has 3 aromatic rings. The predicted octanol–water partition coefficient (Wildman–Crippen LogP) is 4.47. The number of nitrogens with zero attached hydrogens (tertiary/aromatic N) is 1. The number of benzene rings is 1. The molecule has 108 valence electrons. The van der Waals surface area contributed by atoms with E-state index in [0.717, 1.165) is 5.39 Å². The van der Waals surface area contributed by atoms with Gasteiger partial charge in [0, 0.05) is 10.9 Å². The Morgan fingerprint density at radius 2 is 2.19 bits per heavy atom. The Morgan fingerprint density at radius 3 is 2.95 bits per heavy atom. The van der Waals surface area contributed by atoms with Gasteiger partial charge in [0.2, 0.25) is 5.71 Å². The lowest BCUT2D eigenvalue weighted by molar-refractivity contribution is 0.195. The summed E-state index contributed by atoms with van der Waals surface area (Å²) in [6.45, 7) is 1.49. The molecule has 2 heterocycles. The minimum absolute atomic E-state index is 0.153. The first-order chi connectivity index (χ1) is 10.1. The number of hydrogen-bond donors (Lipinski definition) is 1. The maximum absolute atomic E-state index is 13.5. The fourth-order valence-electron chi connectivity index (χ4n) is 2.05. The Hall–Kier alpha value is -2.11. The van der Waals surface area contributed by atoms with Crippen molar-refractivity contribution in [2.45, 2.75) is 13.0 Å². The normalized spacial score (nSPS) is 12.6. The number of rotatable bonds is 3. The van der Waals surface area contributed by atoms with Crippen molar-refractivity contribution >= 4 is 22.7 Å². The Kier molecular flexibility index (Phi) is 3.53. The molecule has 0 aliphatic heterocycles. The van der Waals surface area contributed by atoms with Crippen LogP contribution in [0.3, 0.4) is 0 Å². The van der Waals surface area contributed by atoms with E-state index in [0.29, 0.717) is 11.5 Å². The second-order valence-corrected chi connectivity index (χ2v) is 4.92. The lowest BCUT2D eigenvalue weighted by atomic mass is 10.1. The number of aliphatic hydroxyl groups is 1. The van der Waals surface area contributed by atoms with Gasteiger partial charge in [-0.25, -0.2) is 9.37 Å². The van der Waals surface area contributed by atoms with Gasteiger partial charge in [0.25, 0.3) is 0 Å². The van der Waals surface area contributed by atoms with E-state index < -0.39 is 11.9 Å². The number of hydrogen-bond acceptors (Lipinski definition) is 4. The number of fused-ring (bicyclic) bond motifs is 1. The highest BCUT2D eigenvalue weighted by Crippen LogP contribution is 2.36. The third-order valence-electron chi connectivity index (χ3n) is 3.02. The summed E-state index contributed by atoms with van der Waals surface area (Å²) in [6, 6.07) is 6.09. The molecule has 1 unspecified atom stereocenters. The summed E-state index contributed by atoms with van der Waals surface area (Å²) in [6.07, 6.45) is 2.04. The van der Waals surface area contributed by atoms with Crippen molar-refractivity contribution in [2.24, 2.45) is 0 Å². The molecular formula is C15H11ClFNO3. The van der Waals surface area contributed by atoms with Crippen LogP contribution in [0, 0.1) is 5.82 Å². The Balaban J connectivity index is 2.02. The minimum Gasteiger partial charge on any atom is -0.455 e. The largest absolute Gasteiger partial charge is 0.455 e. The van der Waals surface area contributed by atoms with Crippen LogP contribution in [0.15, 0.2) is 41.1 Å². The number of aromatic nitrogens is 1. The lowest BCUT2D eigenvalue weighted by Crippen LogP contribution is -1.99. The molecule has 0 aliphatic rings. The topological polar surface area (TPSA) is 55.5 Å². The van der Waals surface area contributed by atoms with Crippen LogP contribution in [-0.2, 0) is 0 Å². The van der Waals surface area contributed by atoms with Crippen molar-refractivity contribution in [3.8, 4) is 11.5 Å². The molecule has 0 radical (unpaired) electrons. The molecule has 4 nitrogen and oxygen atoms in total. The number of pyridine rings is 1. The molecule has 0 saturated heterocycles. The Morgan fingerprint density at radius 1 is 1.38 bits per heavy atom. The average Bonchev–Trinajstić information content (AvgIpc) is 2.90. The van der Waals surface area contributed by atoms with E-state index in [1.54, 1.807) is 12.1 Å². The molecule has 1 aromatic carbocycles. The highest BCUT2D eigenvalue weighted by molar-refractivity contribution is 6.31. The van der Waals surface area contributed by atoms with Crippen LogP contribution in [0.25, 0.3) is 11.1 Å². The first kappa shape index (κ1) is 13.9. The standard InChI is InChI=1S/C15H11ClFNO3/c1-8(19)13-12(3-2-11(17)14(13)16)21-10-6-9-4-5-20-15(9)18-7-10/h2-8,19H,1H3. The number of aliphatic hydroxyl groups excluding tert-OH is 1. The first-order valence-corrected chi connectivity index (χ1v) is 6.61. The molecule has 0 saturated carbocycles. The van der Waals surface area contributed by atoms with Crippen molar-refractivity contribution in [2.75, 3.05) is 0 Å². The second kappa shape index (κ2) is 5.35. The summed E-state index contributed by atoms with van der Waals surface area (Å²) < 4.78 is 24.3. The molecule has 1 N–H and O–H groups in total. The summed E-state index contributed by atoms with van der Waals surface area (Å²) in [5.41, 5.74) is 0.694. The van der Waals surface area contributed by atoms with Crippen LogP contribution in [-0.4, -0.2) is 10.1 Å². The van der Waals surface area contributed by atoms with Gasteiger partial charge in [0.05, 0.1) is 23.6 Å². The van der Waals surface area contributed by atoms with Gasteiger partial charge in [-0.3, -0.25) is 0 Å². The third kappa shape index (κ3) is 2.57. The van der Waals surface area contributed by atoms with Gasteiger partial charge >= 0.3 is 0 Å². The van der Waals surface area contributed by atoms with Gasteiger partial charge in [0.1, 0.15) is 17.3 Å². The van der Waals surface area contributed by atoms with E-state index in [-0.39, 0.29) is 16.3 Å². The molecule has 2 aromatic heterocycles.